The van der Waals surface area contributed by atoms with Gasteiger partial charge in [0.2, 0.25) is 0 Å². The molecule has 3 rings (SSSR count). The molecule has 0 aromatic heterocycles. The lowest BCUT2D eigenvalue weighted by Gasteiger charge is -2.33. The van der Waals surface area contributed by atoms with Crippen molar-refractivity contribution in [1.29, 1.82) is 0 Å². The van der Waals surface area contributed by atoms with Crippen molar-refractivity contribution in [1.82, 2.24) is 0 Å². The van der Waals surface area contributed by atoms with Crippen molar-refractivity contribution in [3.63, 3.8) is 0 Å². The Hall–Kier alpha value is -1.58. The Morgan fingerprint density at radius 1 is 1.00 bits per heavy atom. The van der Waals surface area contributed by atoms with Gasteiger partial charge in [0.15, 0.2) is 0 Å². The van der Waals surface area contributed by atoms with Crippen molar-refractivity contribution >= 4 is 17.3 Å². The van der Waals surface area contributed by atoms with E-state index in [1.54, 1.807) is 12.1 Å². The molecular formula is C17H19ClFN2+. The van der Waals surface area contributed by atoms with Crippen LogP contribution in [0.15, 0.2) is 48.5 Å². The van der Waals surface area contributed by atoms with Crippen LogP contribution in [0.1, 0.15) is 5.56 Å². The summed E-state index contributed by atoms with van der Waals surface area (Å²) in [6, 6.07) is 15.0. The zero-order valence-corrected chi connectivity index (χ0v) is 12.6. The first-order valence-electron chi connectivity index (χ1n) is 7.30. The molecule has 4 heteroatoms. The Morgan fingerprint density at radius 2 is 1.67 bits per heavy atom. The minimum Gasteiger partial charge on any atom is -0.360 e. The predicted octanol–water partition coefficient (Wildman–Crippen LogP) is 2.38. The van der Waals surface area contributed by atoms with Crippen LogP contribution in [0.2, 0.25) is 5.02 Å². The van der Waals surface area contributed by atoms with Gasteiger partial charge in [0.05, 0.1) is 26.2 Å². The van der Waals surface area contributed by atoms with Crippen molar-refractivity contribution in [2.75, 3.05) is 31.1 Å². The molecule has 0 amide bonds. The van der Waals surface area contributed by atoms with E-state index in [2.05, 4.69) is 17.0 Å². The number of hydrogen-bond acceptors (Lipinski definition) is 1. The summed E-state index contributed by atoms with van der Waals surface area (Å²) in [7, 11) is 0. The number of halogens is 2. The predicted molar refractivity (Wildman–Crippen MR) is 84.5 cm³/mol. The van der Waals surface area contributed by atoms with Crippen molar-refractivity contribution in [3.8, 4) is 0 Å². The van der Waals surface area contributed by atoms with Crippen LogP contribution in [0.3, 0.4) is 0 Å². The summed E-state index contributed by atoms with van der Waals surface area (Å²) in [4.78, 5) is 3.80. The lowest BCUT2D eigenvalue weighted by Crippen LogP contribution is -3.13. The van der Waals surface area contributed by atoms with Crippen molar-refractivity contribution in [2.24, 2.45) is 0 Å². The average Bonchev–Trinajstić information content (AvgIpc) is 2.51. The van der Waals surface area contributed by atoms with Crippen LogP contribution < -0.4 is 9.80 Å². The summed E-state index contributed by atoms with van der Waals surface area (Å²) >= 11 is 5.92. The molecule has 0 radical (unpaired) electrons. The molecule has 1 saturated heterocycles. The van der Waals surface area contributed by atoms with E-state index in [9.17, 15) is 4.39 Å². The van der Waals surface area contributed by atoms with E-state index in [1.165, 1.54) is 10.6 Å². The number of nitrogens with one attached hydrogen (secondary N) is 1. The molecule has 2 nitrogen and oxygen atoms in total. The molecule has 1 heterocycles. The molecule has 0 unspecified atom stereocenters. The Morgan fingerprint density at radius 3 is 2.33 bits per heavy atom. The lowest BCUT2D eigenvalue weighted by molar-refractivity contribution is -0.914. The first kappa shape index (κ1) is 14.4. The molecule has 0 aliphatic carbocycles. The van der Waals surface area contributed by atoms with Gasteiger partial charge in [-0.1, -0.05) is 29.8 Å². The average molecular weight is 306 g/mol. The van der Waals surface area contributed by atoms with Crippen LogP contribution in [0.25, 0.3) is 0 Å². The van der Waals surface area contributed by atoms with Gasteiger partial charge >= 0.3 is 0 Å². The summed E-state index contributed by atoms with van der Waals surface area (Å²) in [5.74, 6) is -0.0925. The van der Waals surface area contributed by atoms with E-state index in [0.29, 0.717) is 0 Å². The van der Waals surface area contributed by atoms with Gasteiger partial charge < -0.3 is 9.80 Å². The molecule has 1 aliphatic rings. The van der Waals surface area contributed by atoms with Crippen LogP contribution in [0.5, 0.6) is 0 Å². The van der Waals surface area contributed by atoms with Gasteiger partial charge in [-0.05, 0) is 30.3 Å². The van der Waals surface area contributed by atoms with Crippen LogP contribution in [0.4, 0.5) is 10.1 Å². The zero-order chi connectivity index (χ0) is 14.7. The number of piperazine rings is 1. The van der Waals surface area contributed by atoms with Gasteiger partial charge in [-0.25, -0.2) is 4.39 Å². The maximum absolute atomic E-state index is 13.7. The van der Waals surface area contributed by atoms with Gasteiger partial charge in [-0.15, -0.1) is 0 Å². The minimum atomic E-state index is -0.0925. The third-order valence-electron chi connectivity index (χ3n) is 4.06. The smallest absolute Gasteiger partial charge is 0.132 e. The zero-order valence-electron chi connectivity index (χ0n) is 11.9. The summed E-state index contributed by atoms with van der Waals surface area (Å²) < 4.78 is 13.7. The van der Waals surface area contributed by atoms with Crippen molar-refractivity contribution in [2.45, 2.75) is 6.54 Å². The number of hydrogen-bond donors (Lipinski definition) is 1. The first-order chi connectivity index (χ1) is 10.2. The fourth-order valence-corrected chi connectivity index (χ4v) is 2.95. The Bertz CT molecular complexity index is 592. The monoisotopic (exact) mass is 305 g/mol. The van der Waals surface area contributed by atoms with Crippen LogP contribution in [-0.4, -0.2) is 26.2 Å². The molecule has 0 saturated carbocycles. The molecule has 0 atom stereocenters. The van der Waals surface area contributed by atoms with E-state index in [4.69, 9.17) is 11.6 Å². The molecule has 1 aliphatic heterocycles. The molecular weight excluding hydrogens is 287 g/mol. The second kappa shape index (κ2) is 6.46. The molecule has 21 heavy (non-hydrogen) atoms. The molecule has 0 spiro atoms. The summed E-state index contributed by atoms with van der Waals surface area (Å²) in [5, 5.41) is 0.766. The highest BCUT2D eigenvalue weighted by Gasteiger charge is 2.21. The maximum Gasteiger partial charge on any atom is 0.132 e. The third-order valence-corrected chi connectivity index (χ3v) is 4.31. The van der Waals surface area contributed by atoms with Gasteiger partial charge in [-0.3, -0.25) is 0 Å². The number of benzene rings is 2. The summed E-state index contributed by atoms with van der Waals surface area (Å²) in [5.41, 5.74) is 2.02. The molecule has 1 N–H and O–H groups in total. The summed E-state index contributed by atoms with van der Waals surface area (Å²) in [6.45, 7) is 4.80. The largest absolute Gasteiger partial charge is 0.360 e. The lowest BCUT2D eigenvalue weighted by atomic mass is 10.1. The highest BCUT2D eigenvalue weighted by atomic mass is 35.5. The topological polar surface area (TPSA) is 7.68 Å². The summed E-state index contributed by atoms with van der Waals surface area (Å²) in [6.07, 6.45) is 0. The SMILES string of the molecule is Fc1ccccc1C[NH+]1CCN(c2ccc(Cl)cc2)CC1. The van der Waals surface area contributed by atoms with Crippen LogP contribution in [0, 0.1) is 5.82 Å². The van der Waals surface area contributed by atoms with Gasteiger partial charge in [-0.2, -0.15) is 0 Å². The van der Waals surface area contributed by atoms with E-state index >= 15 is 0 Å². The van der Waals surface area contributed by atoms with Crippen molar-refractivity contribution in [3.05, 3.63) is 64.9 Å². The Kier molecular flexibility index (Phi) is 4.42. The van der Waals surface area contributed by atoms with E-state index < -0.39 is 0 Å². The van der Waals surface area contributed by atoms with E-state index in [1.807, 2.05) is 24.3 Å². The van der Waals surface area contributed by atoms with Crippen molar-refractivity contribution < 1.29 is 9.29 Å². The van der Waals surface area contributed by atoms with Gasteiger partial charge in [0, 0.05) is 16.3 Å². The number of nitrogens with zero attached hydrogens (tertiary/aromatic N) is 1. The van der Waals surface area contributed by atoms with E-state index in [0.717, 1.165) is 43.3 Å². The fraction of sp³-hybridized carbons (Fsp3) is 0.294. The minimum absolute atomic E-state index is 0.0925. The van der Waals surface area contributed by atoms with Gasteiger partial charge in [0.25, 0.3) is 0 Å². The Balaban J connectivity index is 1.58. The number of anilines is 1. The highest BCUT2D eigenvalue weighted by Crippen LogP contribution is 2.17. The second-order valence-electron chi connectivity index (χ2n) is 5.48. The molecule has 2 aromatic rings. The molecule has 0 bridgehead atoms. The molecule has 110 valence electrons. The normalized spacial score (nSPS) is 16.2. The standard InChI is InChI=1S/C17H18ClFN2/c18-15-5-7-16(8-6-15)21-11-9-20(10-12-21)13-14-3-1-2-4-17(14)19/h1-8H,9-13H2/p+1. The Labute approximate surface area is 129 Å². The second-order valence-corrected chi connectivity index (χ2v) is 5.92. The first-order valence-corrected chi connectivity index (χ1v) is 7.67. The highest BCUT2D eigenvalue weighted by molar-refractivity contribution is 6.30. The number of rotatable bonds is 3. The van der Waals surface area contributed by atoms with E-state index in [-0.39, 0.29) is 5.82 Å². The fourth-order valence-electron chi connectivity index (χ4n) is 2.82. The van der Waals surface area contributed by atoms with Crippen LogP contribution >= 0.6 is 11.6 Å². The van der Waals surface area contributed by atoms with Crippen LogP contribution in [-0.2, 0) is 6.54 Å². The molecule has 1 fully saturated rings. The van der Waals surface area contributed by atoms with Gasteiger partial charge in [0.1, 0.15) is 12.4 Å². The quantitative estimate of drug-likeness (QED) is 0.915. The number of quaternary nitrogens is 1. The maximum atomic E-state index is 13.7. The molecule has 2 aromatic carbocycles. The third kappa shape index (κ3) is 3.55.